The molecule has 0 amide bonds. The van der Waals surface area contributed by atoms with Crippen LogP contribution in [-0.4, -0.2) is 17.6 Å². The number of nitrogens with zero attached hydrogens (tertiary/aromatic N) is 1. The molecule has 18 heavy (non-hydrogen) atoms. The van der Waals surface area contributed by atoms with Gasteiger partial charge in [-0.15, -0.1) is 0 Å². The Morgan fingerprint density at radius 2 is 2.06 bits per heavy atom. The summed E-state index contributed by atoms with van der Waals surface area (Å²) in [6.45, 7) is 3.92. The SMILES string of the molecule is CCNCc1cccnc1OC1CCCCCC1. The third-order valence-electron chi connectivity index (χ3n) is 3.50. The first-order valence-electron chi connectivity index (χ1n) is 7.21. The highest BCUT2D eigenvalue weighted by Gasteiger charge is 2.15. The van der Waals surface area contributed by atoms with Crippen molar-refractivity contribution in [3.63, 3.8) is 0 Å². The Balaban J connectivity index is 1.98. The zero-order chi connectivity index (χ0) is 12.6. The van der Waals surface area contributed by atoms with Crippen molar-refractivity contribution in [3.8, 4) is 5.88 Å². The van der Waals surface area contributed by atoms with Crippen molar-refractivity contribution in [1.82, 2.24) is 10.3 Å². The molecule has 1 heterocycles. The first-order valence-corrected chi connectivity index (χ1v) is 7.21. The standard InChI is InChI=1S/C15H24N2O/c1-2-16-12-13-8-7-11-17-15(13)18-14-9-5-3-4-6-10-14/h7-8,11,14,16H,2-6,9-10,12H2,1H3. The maximum atomic E-state index is 6.11. The molecule has 0 spiro atoms. The van der Waals surface area contributed by atoms with Gasteiger partial charge >= 0.3 is 0 Å². The quantitative estimate of drug-likeness (QED) is 0.812. The van der Waals surface area contributed by atoms with Gasteiger partial charge in [0.2, 0.25) is 5.88 Å². The first kappa shape index (κ1) is 13.3. The number of pyridine rings is 1. The fourth-order valence-electron chi connectivity index (χ4n) is 2.44. The Morgan fingerprint density at radius 1 is 1.28 bits per heavy atom. The average molecular weight is 248 g/mol. The highest BCUT2D eigenvalue weighted by atomic mass is 16.5. The predicted octanol–water partition coefficient (Wildman–Crippen LogP) is 3.29. The number of nitrogens with one attached hydrogen (secondary N) is 1. The minimum Gasteiger partial charge on any atom is -0.474 e. The largest absolute Gasteiger partial charge is 0.474 e. The zero-order valence-corrected chi connectivity index (χ0v) is 11.3. The molecule has 100 valence electrons. The van der Waals surface area contributed by atoms with Crippen molar-refractivity contribution in [3.05, 3.63) is 23.9 Å². The normalized spacial score (nSPS) is 17.4. The molecule has 1 N–H and O–H groups in total. The van der Waals surface area contributed by atoms with E-state index in [4.69, 9.17) is 4.74 Å². The molecule has 0 aliphatic heterocycles. The van der Waals surface area contributed by atoms with Gasteiger partial charge in [-0.1, -0.05) is 25.8 Å². The second-order valence-electron chi connectivity index (χ2n) is 4.98. The number of hydrogen-bond acceptors (Lipinski definition) is 3. The summed E-state index contributed by atoms with van der Waals surface area (Å²) in [7, 11) is 0. The topological polar surface area (TPSA) is 34.2 Å². The summed E-state index contributed by atoms with van der Waals surface area (Å²) in [5, 5.41) is 3.33. The van der Waals surface area contributed by atoms with E-state index in [1.54, 1.807) is 0 Å². The van der Waals surface area contributed by atoms with Crippen molar-refractivity contribution in [2.75, 3.05) is 6.54 Å². The van der Waals surface area contributed by atoms with E-state index < -0.39 is 0 Å². The van der Waals surface area contributed by atoms with Crippen LogP contribution in [0.4, 0.5) is 0 Å². The molecule has 1 aromatic heterocycles. The van der Waals surface area contributed by atoms with Gasteiger partial charge in [0.25, 0.3) is 0 Å². The molecule has 1 saturated carbocycles. The molecule has 1 aromatic rings. The van der Waals surface area contributed by atoms with Crippen molar-refractivity contribution >= 4 is 0 Å². The average Bonchev–Trinajstić information content (AvgIpc) is 2.66. The van der Waals surface area contributed by atoms with Gasteiger partial charge in [-0.3, -0.25) is 0 Å². The van der Waals surface area contributed by atoms with Crippen LogP contribution in [0.15, 0.2) is 18.3 Å². The molecule has 0 bridgehead atoms. The van der Waals surface area contributed by atoms with Gasteiger partial charge in [-0.2, -0.15) is 0 Å². The van der Waals surface area contributed by atoms with Crippen LogP contribution < -0.4 is 10.1 Å². The van der Waals surface area contributed by atoms with Crippen molar-refractivity contribution in [2.45, 2.75) is 58.1 Å². The molecule has 0 radical (unpaired) electrons. The van der Waals surface area contributed by atoms with Gasteiger partial charge < -0.3 is 10.1 Å². The molecule has 3 heteroatoms. The molecule has 0 saturated heterocycles. The monoisotopic (exact) mass is 248 g/mol. The summed E-state index contributed by atoms with van der Waals surface area (Å²) in [5.41, 5.74) is 1.17. The third-order valence-corrected chi connectivity index (χ3v) is 3.50. The summed E-state index contributed by atoms with van der Waals surface area (Å²) >= 11 is 0. The number of hydrogen-bond donors (Lipinski definition) is 1. The van der Waals surface area contributed by atoms with Crippen LogP contribution in [-0.2, 0) is 6.54 Å². The smallest absolute Gasteiger partial charge is 0.218 e. The molecule has 3 nitrogen and oxygen atoms in total. The van der Waals surface area contributed by atoms with Crippen LogP contribution in [0.2, 0.25) is 0 Å². The lowest BCUT2D eigenvalue weighted by atomic mass is 10.1. The van der Waals surface area contributed by atoms with E-state index in [1.807, 2.05) is 12.3 Å². The fourth-order valence-corrected chi connectivity index (χ4v) is 2.44. The van der Waals surface area contributed by atoms with E-state index in [1.165, 1.54) is 44.1 Å². The van der Waals surface area contributed by atoms with Crippen molar-refractivity contribution in [1.29, 1.82) is 0 Å². The van der Waals surface area contributed by atoms with Gasteiger partial charge in [0.05, 0.1) is 0 Å². The fraction of sp³-hybridized carbons (Fsp3) is 0.667. The Kier molecular flexibility index (Phi) is 5.46. The number of ether oxygens (including phenoxy) is 1. The Labute approximate surface area is 110 Å². The molecule has 1 aliphatic carbocycles. The lowest BCUT2D eigenvalue weighted by Crippen LogP contribution is -2.19. The van der Waals surface area contributed by atoms with E-state index in [2.05, 4.69) is 23.3 Å². The van der Waals surface area contributed by atoms with Crippen molar-refractivity contribution < 1.29 is 4.74 Å². The van der Waals surface area contributed by atoms with Crippen LogP contribution in [0, 0.1) is 0 Å². The predicted molar refractivity (Wildman–Crippen MR) is 73.7 cm³/mol. The second kappa shape index (κ2) is 7.37. The molecular formula is C15H24N2O. The van der Waals surface area contributed by atoms with Gasteiger partial charge in [-0.05, 0) is 38.3 Å². The van der Waals surface area contributed by atoms with E-state index in [-0.39, 0.29) is 0 Å². The zero-order valence-electron chi connectivity index (χ0n) is 11.3. The highest BCUT2D eigenvalue weighted by Crippen LogP contribution is 2.23. The lowest BCUT2D eigenvalue weighted by molar-refractivity contribution is 0.174. The summed E-state index contributed by atoms with van der Waals surface area (Å²) in [4.78, 5) is 4.39. The molecule has 0 atom stereocenters. The van der Waals surface area contributed by atoms with Crippen molar-refractivity contribution in [2.24, 2.45) is 0 Å². The van der Waals surface area contributed by atoms with E-state index in [0.29, 0.717) is 6.10 Å². The van der Waals surface area contributed by atoms with Gasteiger partial charge in [0, 0.05) is 18.3 Å². The lowest BCUT2D eigenvalue weighted by Gasteiger charge is -2.18. The minimum absolute atomic E-state index is 0.364. The number of rotatable bonds is 5. The Hall–Kier alpha value is -1.09. The minimum atomic E-state index is 0.364. The van der Waals surface area contributed by atoms with E-state index >= 15 is 0 Å². The van der Waals surface area contributed by atoms with E-state index in [0.717, 1.165) is 19.0 Å². The number of aromatic nitrogens is 1. The van der Waals surface area contributed by atoms with Crippen LogP contribution in [0.3, 0.4) is 0 Å². The maximum Gasteiger partial charge on any atom is 0.218 e. The summed E-state index contributed by atoms with van der Waals surface area (Å²) in [5.74, 6) is 0.824. The van der Waals surface area contributed by atoms with Crippen LogP contribution in [0.25, 0.3) is 0 Å². The molecule has 1 fully saturated rings. The van der Waals surface area contributed by atoms with Gasteiger partial charge in [0.1, 0.15) is 6.10 Å². The third kappa shape index (κ3) is 3.98. The molecule has 0 aromatic carbocycles. The van der Waals surface area contributed by atoms with E-state index in [9.17, 15) is 0 Å². The maximum absolute atomic E-state index is 6.11. The van der Waals surface area contributed by atoms with Gasteiger partial charge in [0.15, 0.2) is 0 Å². The molecule has 2 rings (SSSR count). The molecule has 0 unspecified atom stereocenters. The van der Waals surface area contributed by atoms with Crippen LogP contribution in [0.1, 0.15) is 51.0 Å². The van der Waals surface area contributed by atoms with Gasteiger partial charge in [-0.25, -0.2) is 4.98 Å². The van der Waals surface area contributed by atoms with Crippen LogP contribution in [0.5, 0.6) is 5.88 Å². The Morgan fingerprint density at radius 3 is 2.78 bits per heavy atom. The molecule has 1 aliphatic rings. The van der Waals surface area contributed by atoms with Crippen LogP contribution >= 0.6 is 0 Å². The Bertz CT molecular complexity index is 346. The first-order chi connectivity index (χ1) is 8.90. The molecular weight excluding hydrogens is 224 g/mol. The summed E-state index contributed by atoms with van der Waals surface area (Å²) in [6.07, 6.45) is 9.83. The highest BCUT2D eigenvalue weighted by molar-refractivity contribution is 5.25. The summed E-state index contributed by atoms with van der Waals surface area (Å²) in [6, 6.07) is 4.08. The summed E-state index contributed by atoms with van der Waals surface area (Å²) < 4.78 is 6.11. The second-order valence-corrected chi connectivity index (χ2v) is 4.98.